The monoisotopic (exact) mass is 466 g/mol. The third-order valence-electron chi connectivity index (χ3n) is 4.95. The van der Waals surface area contributed by atoms with Crippen LogP contribution >= 0.6 is 0 Å². The number of ether oxygens (including phenoxy) is 3. The summed E-state index contributed by atoms with van der Waals surface area (Å²) in [6.45, 7) is 0.820. The first-order valence-electron chi connectivity index (χ1n) is 11.2. The zero-order valence-corrected chi connectivity index (χ0v) is 19.2. The Balaban J connectivity index is 1.18. The lowest BCUT2D eigenvalue weighted by Crippen LogP contribution is -2.24. The quantitative estimate of drug-likeness (QED) is 0.238. The van der Waals surface area contributed by atoms with Crippen LogP contribution in [-0.4, -0.2) is 18.7 Å². The second kappa shape index (κ2) is 12.6. The Morgan fingerprint density at radius 3 is 1.86 bits per heavy atom. The molecule has 1 N–H and O–H groups in total. The maximum Gasteiger partial charge on any atom is 0.277 e. The molecule has 0 fully saturated rings. The maximum atomic E-state index is 12.1. The molecule has 176 valence electrons. The van der Waals surface area contributed by atoms with Crippen LogP contribution in [0.25, 0.3) is 0 Å². The van der Waals surface area contributed by atoms with Crippen molar-refractivity contribution in [1.82, 2.24) is 5.43 Å². The highest BCUT2D eigenvalue weighted by Gasteiger charge is 2.03. The summed E-state index contributed by atoms with van der Waals surface area (Å²) in [6, 6.07) is 34.5. The Morgan fingerprint density at radius 1 is 0.657 bits per heavy atom. The number of carbonyl (C=O) groups is 1. The average molecular weight is 467 g/mol. The van der Waals surface area contributed by atoms with E-state index < -0.39 is 0 Å². The molecule has 0 heterocycles. The lowest BCUT2D eigenvalue weighted by atomic mass is 10.2. The van der Waals surface area contributed by atoms with Gasteiger partial charge in [-0.2, -0.15) is 5.10 Å². The fourth-order valence-corrected chi connectivity index (χ4v) is 3.16. The third kappa shape index (κ3) is 8.05. The summed E-state index contributed by atoms with van der Waals surface area (Å²) in [5, 5.41) is 4.00. The standard InChI is InChI=1S/C29H26N2O4/c32-29(22-35-27-16-14-26(15-17-27)33-20-23-8-3-1-4-9-23)31-30-19-25-12-7-13-28(18-25)34-21-24-10-5-2-6-11-24/h1-19H,20-22H2,(H,31,32)/b30-19+. The minimum atomic E-state index is -0.359. The molecule has 4 aromatic carbocycles. The number of carbonyl (C=O) groups excluding carboxylic acids is 1. The number of hydrogen-bond acceptors (Lipinski definition) is 5. The molecule has 0 spiro atoms. The van der Waals surface area contributed by atoms with Crippen LogP contribution in [0.5, 0.6) is 17.2 Å². The van der Waals surface area contributed by atoms with E-state index in [4.69, 9.17) is 14.2 Å². The summed E-state index contributed by atoms with van der Waals surface area (Å²) in [6.07, 6.45) is 1.56. The highest BCUT2D eigenvalue weighted by atomic mass is 16.5. The molecule has 4 rings (SSSR count). The molecule has 1 amide bonds. The lowest BCUT2D eigenvalue weighted by Gasteiger charge is -2.08. The first-order chi connectivity index (χ1) is 17.2. The van der Waals surface area contributed by atoms with E-state index in [1.54, 1.807) is 30.5 Å². The summed E-state index contributed by atoms with van der Waals surface area (Å²) < 4.78 is 17.1. The molecule has 0 atom stereocenters. The molecular formula is C29H26N2O4. The van der Waals surface area contributed by atoms with Gasteiger partial charge in [0.15, 0.2) is 6.61 Å². The number of rotatable bonds is 11. The normalized spacial score (nSPS) is 10.6. The van der Waals surface area contributed by atoms with Crippen molar-refractivity contribution in [3.8, 4) is 17.2 Å². The molecule has 0 radical (unpaired) electrons. The maximum absolute atomic E-state index is 12.1. The van der Waals surface area contributed by atoms with Crippen LogP contribution < -0.4 is 19.6 Å². The molecule has 6 nitrogen and oxygen atoms in total. The van der Waals surface area contributed by atoms with Crippen molar-refractivity contribution in [2.45, 2.75) is 13.2 Å². The molecule has 6 heteroatoms. The summed E-state index contributed by atoms with van der Waals surface area (Å²) in [7, 11) is 0. The fourth-order valence-electron chi connectivity index (χ4n) is 3.16. The summed E-state index contributed by atoms with van der Waals surface area (Å²) >= 11 is 0. The first-order valence-corrected chi connectivity index (χ1v) is 11.2. The largest absolute Gasteiger partial charge is 0.489 e. The van der Waals surface area contributed by atoms with Crippen LogP contribution in [-0.2, 0) is 18.0 Å². The number of hydrazone groups is 1. The Morgan fingerprint density at radius 2 is 1.23 bits per heavy atom. The topological polar surface area (TPSA) is 69.2 Å². The van der Waals surface area contributed by atoms with E-state index in [-0.39, 0.29) is 12.5 Å². The predicted octanol–water partition coefficient (Wildman–Crippen LogP) is 5.37. The van der Waals surface area contributed by atoms with Gasteiger partial charge in [0, 0.05) is 0 Å². The Labute approximate surface area is 204 Å². The molecule has 4 aromatic rings. The van der Waals surface area contributed by atoms with Crippen molar-refractivity contribution in [3.05, 3.63) is 126 Å². The molecule has 0 bridgehead atoms. The van der Waals surface area contributed by atoms with Gasteiger partial charge < -0.3 is 14.2 Å². The Hall–Kier alpha value is -4.58. The van der Waals surface area contributed by atoms with Crippen LogP contribution in [0.3, 0.4) is 0 Å². The van der Waals surface area contributed by atoms with Gasteiger partial charge in [0.25, 0.3) is 5.91 Å². The summed E-state index contributed by atoms with van der Waals surface area (Å²) in [4.78, 5) is 12.1. The van der Waals surface area contributed by atoms with Gasteiger partial charge in [-0.15, -0.1) is 0 Å². The minimum absolute atomic E-state index is 0.151. The predicted molar refractivity (Wildman–Crippen MR) is 136 cm³/mol. The van der Waals surface area contributed by atoms with Gasteiger partial charge in [-0.25, -0.2) is 5.43 Å². The van der Waals surface area contributed by atoms with Crippen molar-refractivity contribution in [2.24, 2.45) is 5.10 Å². The molecule has 0 aliphatic rings. The van der Waals surface area contributed by atoms with E-state index >= 15 is 0 Å². The lowest BCUT2D eigenvalue weighted by molar-refractivity contribution is -0.123. The van der Waals surface area contributed by atoms with E-state index in [0.29, 0.717) is 19.0 Å². The zero-order chi connectivity index (χ0) is 24.1. The molecule has 35 heavy (non-hydrogen) atoms. The molecule has 0 aliphatic carbocycles. The van der Waals surface area contributed by atoms with E-state index in [9.17, 15) is 4.79 Å². The Kier molecular flexibility index (Phi) is 8.49. The van der Waals surface area contributed by atoms with Crippen molar-refractivity contribution in [3.63, 3.8) is 0 Å². The second-order valence-corrected chi connectivity index (χ2v) is 7.67. The molecule has 0 aliphatic heterocycles. The number of hydrogen-bond donors (Lipinski definition) is 1. The number of nitrogens with one attached hydrogen (secondary N) is 1. The van der Waals surface area contributed by atoms with Crippen molar-refractivity contribution in [1.29, 1.82) is 0 Å². The third-order valence-corrected chi connectivity index (χ3v) is 4.95. The van der Waals surface area contributed by atoms with Gasteiger partial charge in [0.2, 0.25) is 0 Å². The number of nitrogens with zero attached hydrogens (tertiary/aromatic N) is 1. The van der Waals surface area contributed by atoms with Crippen molar-refractivity contribution >= 4 is 12.1 Å². The van der Waals surface area contributed by atoms with Crippen LogP contribution in [0.15, 0.2) is 114 Å². The molecule has 0 aromatic heterocycles. The summed E-state index contributed by atoms with van der Waals surface area (Å²) in [5.74, 6) is 1.66. The number of amides is 1. The Bertz CT molecular complexity index is 1230. The number of benzene rings is 4. The molecule has 0 saturated heterocycles. The van der Waals surface area contributed by atoms with Gasteiger partial charge in [0.1, 0.15) is 30.5 Å². The average Bonchev–Trinajstić information content (AvgIpc) is 2.91. The van der Waals surface area contributed by atoms with Gasteiger partial charge >= 0.3 is 0 Å². The van der Waals surface area contributed by atoms with E-state index in [2.05, 4.69) is 10.5 Å². The van der Waals surface area contributed by atoms with Crippen molar-refractivity contribution < 1.29 is 19.0 Å². The SMILES string of the molecule is O=C(COc1ccc(OCc2ccccc2)cc1)N/N=C/c1cccc(OCc2ccccc2)c1. The minimum Gasteiger partial charge on any atom is -0.489 e. The van der Waals surface area contributed by atoms with E-state index in [0.717, 1.165) is 28.2 Å². The fraction of sp³-hybridized carbons (Fsp3) is 0.103. The smallest absolute Gasteiger partial charge is 0.277 e. The van der Waals surface area contributed by atoms with E-state index in [1.165, 1.54) is 0 Å². The van der Waals surface area contributed by atoms with Crippen LogP contribution in [0.1, 0.15) is 16.7 Å². The van der Waals surface area contributed by atoms with E-state index in [1.807, 2.05) is 84.9 Å². The summed E-state index contributed by atoms with van der Waals surface area (Å²) in [5.41, 5.74) is 5.46. The second-order valence-electron chi connectivity index (χ2n) is 7.67. The van der Waals surface area contributed by atoms with Gasteiger partial charge in [-0.3, -0.25) is 4.79 Å². The van der Waals surface area contributed by atoms with Crippen LogP contribution in [0.2, 0.25) is 0 Å². The van der Waals surface area contributed by atoms with Gasteiger partial charge in [-0.1, -0.05) is 72.8 Å². The highest BCUT2D eigenvalue weighted by molar-refractivity contribution is 5.83. The molecule has 0 saturated carbocycles. The first kappa shape index (κ1) is 23.6. The molecule has 0 unspecified atom stereocenters. The van der Waals surface area contributed by atoms with Crippen LogP contribution in [0.4, 0.5) is 0 Å². The van der Waals surface area contributed by atoms with Crippen molar-refractivity contribution in [2.75, 3.05) is 6.61 Å². The zero-order valence-electron chi connectivity index (χ0n) is 19.2. The molecular weight excluding hydrogens is 440 g/mol. The highest BCUT2D eigenvalue weighted by Crippen LogP contribution is 2.19. The van der Waals surface area contributed by atoms with Gasteiger partial charge in [-0.05, 0) is 53.1 Å². The van der Waals surface area contributed by atoms with Gasteiger partial charge in [0.05, 0.1) is 6.21 Å². The van der Waals surface area contributed by atoms with Crippen LogP contribution in [0, 0.1) is 0 Å².